The normalized spacial score (nSPS) is 12.6. The van der Waals surface area contributed by atoms with Gasteiger partial charge in [-0.25, -0.2) is 4.98 Å². The van der Waals surface area contributed by atoms with E-state index in [2.05, 4.69) is 11.1 Å². The molecule has 0 saturated heterocycles. The molecule has 0 fully saturated rings. The number of thiophene rings is 1. The topological polar surface area (TPSA) is 51.7 Å². The van der Waals surface area contributed by atoms with Crippen LogP contribution in [0, 0.1) is 6.92 Å². The fourth-order valence-electron chi connectivity index (χ4n) is 3.09. The molecule has 1 aromatic carbocycles. The number of fused-ring (bicyclic) bond motifs is 1. The first kappa shape index (κ1) is 17.5. The maximum Gasteiger partial charge on any atom is 0.182 e. The highest BCUT2D eigenvalue weighted by Crippen LogP contribution is 2.31. The van der Waals surface area contributed by atoms with E-state index >= 15 is 0 Å². The van der Waals surface area contributed by atoms with Gasteiger partial charge in [-0.3, -0.25) is 4.79 Å². The molecule has 0 atom stereocenters. The molecule has 3 heterocycles. The van der Waals surface area contributed by atoms with Crippen molar-refractivity contribution in [2.24, 2.45) is 0 Å². The Kier molecular flexibility index (Phi) is 5.07. The van der Waals surface area contributed by atoms with Crippen LogP contribution in [0.1, 0.15) is 20.8 Å². The van der Waals surface area contributed by atoms with Gasteiger partial charge >= 0.3 is 0 Å². The number of carbonyl (C=O) groups excluding carboxylic acids is 1. The summed E-state index contributed by atoms with van der Waals surface area (Å²) in [6.07, 6.45) is 1.76. The number of ketones is 1. The van der Waals surface area contributed by atoms with Crippen LogP contribution in [0.2, 0.25) is 0 Å². The zero-order valence-electron chi connectivity index (χ0n) is 15.1. The van der Waals surface area contributed by atoms with Crippen LogP contribution < -0.4 is 14.4 Å². The Morgan fingerprint density at radius 1 is 1.15 bits per heavy atom. The molecule has 3 aromatic rings. The summed E-state index contributed by atoms with van der Waals surface area (Å²) in [5, 5.41) is 2.04. The molecule has 0 radical (unpaired) electrons. The third kappa shape index (κ3) is 3.95. The monoisotopic (exact) mass is 380 g/mol. The molecule has 2 aromatic heterocycles. The Morgan fingerprint density at radius 3 is 2.78 bits per heavy atom. The first-order chi connectivity index (χ1) is 13.2. The number of rotatable bonds is 6. The summed E-state index contributed by atoms with van der Waals surface area (Å²) in [5.74, 6) is 2.17. The van der Waals surface area contributed by atoms with E-state index in [1.165, 1.54) is 4.88 Å². The SMILES string of the molecule is Cc1cccnc1N(CC(=O)c1ccc2c(c1)OCCO2)Cc1cccs1. The van der Waals surface area contributed by atoms with Crippen molar-refractivity contribution in [3.05, 3.63) is 70.0 Å². The molecule has 0 amide bonds. The molecule has 0 N–H and O–H groups in total. The van der Waals surface area contributed by atoms with Crippen LogP contribution in [-0.2, 0) is 6.54 Å². The molecule has 1 aliphatic rings. The number of hydrogen-bond acceptors (Lipinski definition) is 6. The molecule has 0 saturated carbocycles. The maximum atomic E-state index is 13.0. The van der Waals surface area contributed by atoms with Crippen LogP contribution in [0.4, 0.5) is 5.82 Å². The highest BCUT2D eigenvalue weighted by molar-refractivity contribution is 7.09. The van der Waals surface area contributed by atoms with Crippen molar-refractivity contribution in [1.82, 2.24) is 4.98 Å². The molecule has 4 rings (SSSR count). The molecule has 6 heteroatoms. The van der Waals surface area contributed by atoms with Crippen LogP contribution in [-0.4, -0.2) is 30.5 Å². The Balaban J connectivity index is 1.59. The predicted octanol–water partition coefficient (Wildman–Crippen LogP) is 4.11. The molecular formula is C21H20N2O3S. The number of aryl methyl sites for hydroxylation is 1. The van der Waals surface area contributed by atoms with Crippen molar-refractivity contribution in [3.63, 3.8) is 0 Å². The van der Waals surface area contributed by atoms with Crippen molar-refractivity contribution < 1.29 is 14.3 Å². The van der Waals surface area contributed by atoms with E-state index in [1.54, 1.807) is 35.7 Å². The molecule has 0 bridgehead atoms. The minimum absolute atomic E-state index is 0.0218. The van der Waals surface area contributed by atoms with Crippen LogP contribution >= 0.6 is 11.3 Å². The van der Waals surface area contributed by atoms with Gasteiger partial charge in [0, 0.05) is 16.6 Å². The fraction of sp³-hybridized carbons (Fsp3) is 0.238. The Morgan fingerprint density at radius 2 is 2.00 bits per heavy atom. The summed E-state index contributed by atoms with van der Waals surface area (Å²) >= 11 is 1.68. The van der Waals surface area contributed by atoms with Crippen molar-refractivity contribution in [3.8, 4) is 11.5 Å². The fourth-order valence-corrected chi connectivity index (χ4v) is 3.81. The molecule has 27 heavy (non-hydrogen) atoms. The summed E-state index contributed by atoms with van der Waals surface area (Å²) in [6.45, 7) is 3.94. The van der Waals surface area contributed by atoms with Gasteiger partial charge in [0.25, 0.3) is 0 Å². The molecule has 1 aliphatic heterocycles. The number of Topliss-reactive ketones (excluding diaryl/α,β-unsaturated/α-hetero) is 1. The smallest absolute Gasteiger partial charge is 0.182 e. The number of anilines is 1. The minimum Gasteiger partial charge on any atom is -0.486 e. The first-order valence-electron chi connectivity index (χ1n) is 8.82. The van der Waals surface area contributed by atoms with Crippen molar-refractivity contribution >= 4 is 22.9 Å². The van der Waals surface area contributed by atoms with Crippen molar-refractivity contribution in [2.75, 3.05) is 24.7 Å². The average Bonchev–Trinajstić information content (AvgIpc) is 3.20. The van der Waals surface area contributed by atoms with E-state index in [4.69, 9.17) is 9.47 Å². The number of pyridine rings is 1. The van der Waals surface area contributed by atoms with E-state index in [0.717, 1.165) is 11.4 Å². The van der Waals surface area contributed by atoms with E-state index in [1.807, 2.05) is 35.4 Å². The Bertz CT molecular complexity index is 940. The van der Waals surface area contributed by atoms with Gasteiger partial charge in [-0.05, 0) is 48.2 Å². The lowest BCUT2D eigenvalue weighted by Crippen LogP contribution is -2.30. The van der Waals surface area contributed by atoms with Gasteiger partial charge in [-0.2, -0.15) is 0 Å². The van der Waals surface area contributed by atoms with Crippen molar-refractivity contribution in [1.29, 1.82) is 0 Å². The lowest BCUT2D eigenvalue weighted by Gasteiger charge is -2.24. The van der Waals surface area contributed by atoms with E-state index in [9.17, 15) is 4.79 Å². The molecule has 0 aliphatic carbocycles. The van der Waals surface area contributed by atoms with Crippen LogP contribution in [0.3, 0.4) is 0 Å². The Labute approximate surface area is 162 Å². The van der Waals surface area contributed by atoms with Gasteiger partial charge in [0.1, 0.15) is 19.0 Å². The quantitative estimate of drug-likeness (QED) is 0.602. The minimum atomic E-state index is 0.0218. The second-order valence-corrected chi connectivity index (χ2v) is 7.39. The number of carbonyl (C=O) groups is 1. The highest BCUT2D eigenvalue weighted by atomic mass is 32.1. The van der Waals surface area contributed by atoms with Gasteiger partial charge in [0.2, 0.25) is 0 Å². The zero-order chi connectivity index (χ0) is 18.6. The third-order valence-electron chi connectivity index (χ3n) is 4.41. The summed E-state index contributed by atoms with van der Waals surface area (Å²) in [5.41, 5.74) is 1.66. The number of hydrogen-bond donors (Lipinski definition) is 0. The van der Waals surface area contributed by atoms with Crippen LogP contribution in [0.15, 0.2) is 54.0 Å². The lowest BCUT2D eigenvalue weighted by atomic mass is 10.1. The number of ether oxygens (including phenoxy) is 2. The average molecular weight is 380 g/mol. The highest BCUT2D eigenvalue weighted by Gasteiger charge is 2.19. The molecule has 5 nitrogen and oxygen atoms in total. The summed E-state index contributed by atoms with van der Waals surface area (Å²) in [6, 6.07) is 13.4. The third-order valence-corrected chi connectivity index (χ3v) is 5.27. The van der Waals surface area contributed by atoms with Crippen LogP contribution in [0.25, 0.3) is 0 Å². The van der Waals surface area contributed by atoms with Gasteiger partial charge in [0.05, 0.1) is 13.1 Å². The zero-order valence-corrected chi connectivity index (χ0v) is 15.9. The molecule has 138 valence electrons. The largest absolute Gasteiger partial charge is 0.486 e. The van der Waals surface area contributed by atoms with E-state index in [-0.39, 0.29) is 12.3 Å². The summed E-state index contributed by atoms with van der Waals surface area (Å²) < 4.78 is 11.1. The van der Waals surface area contributed by atoms with Gasteiger partial charge in [-0.1, -0.05) is 12.1 Å². The molecule has 0 spiro atoms. The van der Waals surface area contributed by atoms with Gasteiger partial charge < -0.3 is 14.4 Å². The van der Waals surface area contributed by atoms with Gasteiger partial charge in [-0.15, -0.1) is 11.3 Å². The van der Waals surface area contributed by atoms with Crippen LogP contribution in [0.5, 0.6) is 11.5 Å². The van der Waals surface area contributed by atoms with Gasteiger partial charge in [0.15, 0.2) is 17.3 Å². The molecule has 0 unspecified atom stereocenters. The second-order valence-electron chi connectivity index (χ2n) is 6.36. The van der Waals surface area contributed by atoms with E-state index < -0.39 is 0 Å². The standard InChI is InChI=1S/C21H20N2O3S/c1-15-4-2-8-22-21(15)23(13-17-5-3-11-27-17)14-18(24)16-6-7-19-20(12-16)26-10-9-25-19/h2-8,11-12H,9-10,13-14H2,1H3. The summed E-state index contributed by atoms with van der Waals surface area (Å²) in [7, 11) is 0. The number of nitrogens with zero attached hydrogens (tertiary/aromatic N) is 2. The van der Waals surface area contributed by atoms with Crippen molar-refractivity contribution in [2.45, 2.75) is 13.5 Å². The Hall–Kier alpha value is -2.86. The summed E-state index contributed by atoms with van der Waals surface area (Å²) in [4.78, 5) is 20.7. The second kappa shape index (κ2) is 7.80. The number of benzene rings is 1. The predicted molar refractivity (Wildman–Crippen MR) is 106 cm³/mol. The first-order valence-corrected chi connectivity index (χ1v) is 9.70. The number of aromatic nitrogens is 1. The lowest BCUT2D eigenvalue weighted by molar-refractivity contribution is 0.0997. The van der Waals surface area contributed by atoms with E-state index in [0.29, 0.717) is 36.8 Å². The maximum absolute atomic E-state index is 13.0. The molecular weight excluding hydrogens is 360 g/mol.